The van der Waals surface area contributed by atoms with Crippen LogP contribution in [-0.4, -0.2) is 16.7 Å². The number of nitrogens with zero attached hydrogens (tertiary/aromatic N) is 2. The van der Waals surface area contributed by atoms with E-state index in [-0.39, 0.29) is 0 Å². The Morgan fingerprint density at radius 3 is 2.58 bits per heavy atom. The first kappa shape index (κ1) is 16.1. The molecule has 0 radical (unpaired) electrons. The summed E-state index contributed by atoms with van der Waals surface area (Å²) in [6, 6.07) is 17.9. The van der Waals surface area contributed by atoms with Gasteiger partial charge < -0.3 is 9.84 Å². The van der Waals surface area contributed by atoms with E-state index >= 15 is 0 Å². The van der Waals surface area contributed by atoms with Gasteiger partial charge in [-0.3, -0.25) is 9.36 Å². The van der Waals surface area contributed by atoms with E-state index in [0.29, 0.717) is 22.3 Å². The van der Waals surface area contributed by atoms with E-state index in [1.807, 2.05) is 36.4 Å². The predicted molar refractivity (Wildman–Crippen MR) is 91.8 cm³/mol. The van der Waals surface area contributed by atoms with E-state index < -0.39 is 11.4 Å². The van der Waals surface area contributed by atoms with Crippen molar-refractivity contribution < 1.29 is 9.84 Å². The summed E-state index contributed by atoms with van der Waals surface area (Å²) in [5.74, 6) is 0.606. The largest absolute Gasteiger partial charge is 0.858 e. The van der Waals surface area contributed by atoms with Crippen molar-refractivity contribution >= 4 is 11.8 Å². The second-order valence-electron chi connectivity index (χ2n) is 5.00. The molecule has 2 aromatic carbocycles. The highest BCUT2D eigenvalue weighted by atomic mass is 32.2. The van der Waals surface area contributed by atoms with E-state index in [1.54, 1.807) is 18.2 Å². The Morgan fingerprint density at radius 2 is 1.83 bits per heavy atom. The Balaban J connectivity index is 2.04. The van der Waals surface area contributed by atoms with Crippen LogP contribution in [0.1, 0.15) is 5.56 Å². The Kier molecular flexibility index (Phi) is 4.86. The third-order valence-corrected chi connectivity index (χ3v) is 4.41. The highest BCUT2D eigenvalue weighted by molar-refractivity contribution is 7.98. The van der Waals surface area contributed by atoms with Crippen molar-refractivity contribution in [2.24, 2.45) is 0 Å². The van der Waals surface area contributed by atoms with Crippen LogP contribution in [0.3, 0.4) is 0 Å². The number of ether oxygens (including phenoxy) is 1. The van der Waals surface area contributed by atoms with Crippen molar-refractivity contribution in [2.75, 3.05) is 7.11 Å². The van der Waals surface area contributed by atoms with Crippen LogP contribution in [0.2, 0.25) is 0 Å². The molecule has 3 rings (SSSR count). The summed E-state index contributed by atoms with van der Waals surface area (Å²) >= 11 is 1.34. The SMILES string of the molecule is COc1ccccc1-n1c(SCc2ccccc2)nc([O-])cc1=O. The molecule has 0 spiro atoms. The van der Waals surface area contributed by atoms with Gasteiger partial charge in [-0.05, 0) is 23.6 Å². The lowest BCUT2D eigenvalue weighted by molar-refractivity contribution is -0.276. The summed E-state index contributed by atoms with van der Waals surface area (Å²) < 4.78 is 6.74. The lowest BCUT2D eigenvalue weighted by Gasteiger charge is -2.16. The van der Waals surface area contributed by atoms with Gasteiger partial charge in [-0.2, -0.15) is 0 Å². The van der Waals surface area contributed by atoms with Gasteiger partial charge in [-0.15, -0.1) is 0 Å². The molecule has 0 N–H and O–H groups in total. The average molecular weight is 339 g/mol. The molecule has 1 heterocycles. The zero-order chi connectivity index (χ0) is 16.9. The number of thioether (sulfide) groups is 1. The number of benzene rings is 2. The normalized spacial score (nSPS) is 10.5. The minimum atomic E-state index is -0.540. The molecule has 0 atom stereocenters. The summed E-state index contributed by atoms with van der Waals surface area (Å²) in [5.41, 5.74) is 1.22. The number of para-hydroxylation sites is 2. The predicted octanol–water partition coefficient (Wildman–Crippen LogP) is 2.61. The summed E-state index contributed by atoms with van der Waals surface area (Å²) in [6.07, 6.45) is 0. The van der Waals surface area contributed by atoms with Gasteiger partial charge in [0.2, 0.25) is 0 Å². The lowest BCUT2D eigenvalue weighted by atomic mass is 10.2. The Bertz CT molecular complexity index is 894. The zero-order valence-electron chi connectivity index (χ0n) is 13.0. The van der Waals surface area contributed by atoms with Gasteiger partial charge in [0, 0.05) is 11.8 Å². The van der Waals surface area contributed by atoms with Crippen LogP contribution in [-0.2, 0) is 5.75 Å². The fraction of sp³-hybridized carbons (Fsp3) is 0.111. The molecule has 0 aliphatic carbocycles. The van der Waals surface area contributed by atoms with E-state index in [1.165, 1.54) is 23.4 Å². The minimum Gasteiger partial charge on any atom is -0.858 e. The van der Waals surface area contributed by atoms with Gasteiger partial charge in [-0.1, -0.05) is 54.2 Å². The molecule has 122 valence electrons. The van der Waals surface area contributed by atoms with Crippen molar-refractivity contribution in [3.63, 3.8) is 0 Å². The highest BCUT2D eigenvalue weighted by Gasteiger charge is 2.13. The fourth-order valence-electron chi connectivity index (χ4n) is 2.30. The standard InChI is InChI=1S/C18H16N2O3S/c1-23-15-10-6-5-9-14(15)20-17(22)11-16(21)19-18(20)24-12-13-7-3-2-4-8-13/h2-11,21H,12H2,1H3/p-1. The van der Waals surface area contributed by atoms with Crippen LogP contribution >= 0.6 is 11.8 Å². The fourth-order valence-corrected chi connectivity index (χ4v) is 3.26. The van der Waals surface area contributed by atoms with Crippen molar-refractivity contribution in [3.8, 4) is 17.3 Å². The number of rotatable bonds is 5. The maximum Gasteiger partial charge on any atom is 0.258 e. The molecule has 0 amide bonds. The molecule has 24 heavy (non-hydrogen) atoms. The number of methoxy groups -OCH3 is 1. The summed E-state index contributed by atoms with van der Waals surface area (Å²) in [7, 11) is 1.54. The van der Waals surface area contributed by atoms with Crippen molar-refractivity contribution in [1.82, 2.24) is 9.55 Å². The molecule has 0 unspecified atom stereocenters. The van der Waals surface area contributed by atoms with E-state index in [2.05, 4.69) is 4.98 Å². The first-order valence-electron chi connectivity index (χ1n) is 7.30. The molecule has 0 saturated heterocycles. The second-order valence-corrected chi connectivity index (χ2v) is 5.94. The topological polar surface area (TPSA) is 67.2 Å². The van der Waals surface area contributed by atoms with Crippen LogP contribution in [0, 0.1) is 0 Å². The lowest BCUT2D eigenvalue weighted by Crippen LogP contribution is -2.22. The van der Waals surface area contributed by atoms with Crippen molar-refractivity contribution in [1.29, 1.82) is 0 Å². The Labute approximate surface area is 143 Å². The molecule has 0 aliphatic rings. The number of hydrogen-bond donors (Lipinski definition) is 0. The van der Waals surface area contributed by atoms with Gasteiger partial charge >= 0.3 is 0 Å². The van der Waals surface area contributed by atoms with Crippen molar-refractivity contribution in [2.45, 2.75) is 10.9 Å². The quantitative estimate of drug-likeness (QED) is 0.528. The first-order valence-corrected chi connectivity index (χ1v) is 8.29. The van der Waals surface area contributed by atoms with Crippen molar-refractivity contribution in [3.05, 3.63) is 76.6 Å². The molecule has 0 fully saturated rings. The van der Waals surface area contributed by atoms with Gasteiger partial charge in [0.05, 0.1) is 12.8 Å². The summed E-state index contributed by atoms with van der Waals surface area (Å²) in [5, 5.41) is 12.0. The molecule has 5 nitrogen and oxygen atoms in total. The van der Waals surface area contributed by atoms with E-state index in [4.69, 9.17) is 4.74 Å². The van der Waals surface area contributed by atoms with Gasteiger partial charge in [0.25, 0.3) is 5.56 Å². The maximum atomic E-state index is 12.4. The van der Waals surface area contributed by atoms with E-state index in [0.717, 1.165) is 11.6 Å². The van der Waals surface area contributed by atoms with Crippen LogP contribution in [0.5, 0.6) is 11.6 Å². The molecule has 0 saturated carbocycles. The average Bonchev–Trinajstić information content (AvgIpc) is 2.60. The van der Waals surface area contributed by atoms with Gasteiger partial charge in [0.15, 0.2) is 5.16 Å². The first-order chi connectivity index (χ1) is 11.7. The summed E-state index contributed by atoms with van der Waals surface area (Å²) in [4.78, 5) is 16.4. The smallest absolute Gasteiger partial charge is 0.258 e. The molecule has 0 aliphatic heterocycles. The highest BCUT2D eigenvalue weighted by Crippen LogP contribution is 2.27. The number of aromatic nitrogens is 2. The summed E-state index contributed by atoms with van der Waals surface area (Å²) in [6.45, 7) is 0. The third kappa shape index (κ3) is 3.44. The van der Waals surface area contributed by atoms with Crippen LogP contribution < -0.4 is 15.4 Å². The molecular weight excluding hydrogens is 324 g/mol. The molecule has 0 bridgehead atoms. The number of hydrogen-bond acceptors (Lipinski definition) is 5. The van der Waals surface area contributed by atoms with Crippen LogP contribution in [0.25, 0.3) is 5.69 Å². The van der Waals surface area contributed by atoms with Gasteiger partial charge in [-0.25, -0.2) is 4.98 Å². The van der Waals surface area contributed by atoms with E-state index in [9.17, 15) is 9.90 Å². The Morgan fingerprint density at radius 1 is 1.12 bits per heavy atom. The zero-order valence-corrected chi connectivity index (χ0v) is 13.8. The third-order valence-electron chi connectivity index (χ3n) is 3.40. The minimum absolute atomic E-state index is 0.348. The van der Waals surface area contributed by atoms with Crippen LogP contribution in [0.15, 0.2) is 70.6 Å². The monoisotopic (exact) mass is 339 g/mol. The van der Waals surface area contributed by atoms with Gasteiger partial charge in [0.1, 0.15) is 5.75 Å². The Hall–Kier alpha value is -2.73. The second kappa shape index (κ2) is 7.23. The van der Waals surface area contributed by atoms with Crippen LogP contribution in [0.4, 0.5) is 0 Å². The maximum absolute atomic E-state index is 12.4. The molecular formula is C18H15N2O3S-. The molecule has 6 heteroatoms. The molecule has 1 aromatic heterocycles. The molecule has 3 aromatic rings.